The van der Waals surface area contributed by atoms with Crippen LogP contribution in [0.4, 0.5) is 5.95 Å². The number of fused-ring (bicyclic) bond motifs is 1. The van der Waals surface area contributed by atoms with Gasteiger partial charge in [-0.15, -0.1) is 11.3 Å². The molecule has 5 heterocycles. The molecule has 0 N–H and O–H groups in total. The number of sulfone groups is 1. The first-order valence-corrected chi connectivity index (χ1v) is 17.0. The van der Waals surface area contributed by atoms with Gasteiger partial charge in [0.25, 0.3) is 0 Å². The summed E-state index contributed by atoms with van der Waals surface area (Å²) < 4.78 is 37.8. The Morgan fingerprint density at radius 2 is 1.78 bits per heavy atom. The van der Waals surface area contributed by atoms with Crippen molar-refractivity contribution in [1.82, 2.24) is 24.8 Å². The van der Waals surface area contributed by atoms with E-state index in [4.69, 9.17) is 19.4 Å². The fourth-order valence-electron chi connectivity index (χ4n) is 5.66. The molecule has 0 radical (unpaired) electrons. The molecule has 2 saturated heterocycles. The van der Waals surface area contributed by atoms with Crippen LogP contribution in [0.25, 0.3) is 21.5 Å². The smallest absolute Gasteiger partial charge is 0.226 e. The van der Waals surface area contributed by atoms with Crippen molar-refractivity contribution >= 4 is 37.3 Å². The summed E-state index contributed by atoms with van der Waals surface area (Å²) in [6, 6.07) is 1.89. The normalized spacial score (nSPS) is 19.7. The summed E-state index contributed by atoms with van der Waals surface area (Å²) in [4.78, 5) is 21.9. The van der Waals surface area contributed by atoms with E-state index in [2.05, 4.69) is 45.8 Å². The fraction of sp³-hybridized carbons (Fsp3) is 0.621. The number of hydrogen-bond acceptors (Lipinski definition) is 11. The number of rotatable bonds is 8. The van der Waals surface area contributed by atoms with Crippen molar-refractivity contribution in [2.75, 3.05) is 64.5 Å². The highest BCUT2D eigenvalue weighted by Gasteiger charge is 2.36. The summed E-state index contributed by atoms with van der Waals surface area (Å²) in [6.45, 7) is 14.5. The van der Waals surface area contributed by atoms with Gasteiger partial charge >= 0.3 is 0 Å². The number of ether oxygens (including phenoxy) is 2. The highest BCUT2D eigenvalue weighted by Crippen LogP contribution is 2.38. The molecule has 3 aromatic rings. The molecule has 2 aliphatic heterocycles. The summed E-state index contributed by atoms with van der Waals surface area (Å²) in [5.74, 6) is 0.941. The summed E-state index contributed by atoms with van der Waals surface area (Å²) in [6.07, 6.45) is 3.20. The van der Waals surface area contributed by atoms with Crippen molar-refractivity contribution in [2.45, 2.75) is 56.7 Å². The van der Waals surface area contributed by atoms with Gasteiger partial charge in [-0.05, 0) is 45.1 Å². The molecule has 1 aliphatic carbocycles. The maximum Gasteiger partial charge on any atom is 0.226 e. The molecule has 10 nitrogen and oxygen atoms in total. The Morgan fingerprint density at radius 1 is 1.05 bits per heavy atom. The van der Waals surface area contributed by atoms with Crippen LogP contribution in [-0.4, -0.2) is 104 Å². The van der Waals surface area contributed by atoms with E-state index in [1.807, 2.05) is 6.07 Å². The zero-order valence-electron chi connectivity index (χ0n) is 24.4. The Morgan fingerprint density at radius 3 is 2.44 bits per heavy atom. The first-order chi connectivity index (χ1) is 19.6. The van der Waals surface area contributed by atoms with Crippen LogP contribution in [0.5, 0.6) is 5.88 Å². The highest BCUT2D eigenvalue weighted by atomic mass is 32.2. The van der Waals surface area contributed by atoms with Gasteiger partial charge in [-0.1, -0.05) is 0 Å². The van der Waals surface area contributed by atoms with Gasteiger partial charge in [-0.3, -0.25) is 9.80 Å². The van der Waals surface area contributed by atoms with Crippen LogP contribution >= 0.6 is 11.3 Å². The van der Waals surface area contributed by atoms with Crippen LogP contribution in [0.15, 0.2) is 17.6 Å². The Balaban J connectivity index is 1.36. The van der Waals surface area contributed by atoms with Crippen molar-refractivity contribution < 1.29 is 17.9 Å². The molecule has 3 fully saturated rings. The molecule has 222 valence electrons. The van der Waals surface area contributed by atoms with E-state index in [-0.39, 0.29) is 16.5 Å². The molecule has 0 bridgehead atoms. The molecule has 3 aromatic heterocycles. The summed E-state index contributed by atoms with van der Waals surface area (Å²) in [5.41, 5.74) is 4.48. The van der Waals surface area contributed by atoms with Gasteiger partial charge in [0.05, 0.1) is 47.2 Å². The van der Waals surface area contributed by atoms with E-state index in [0.29, 0.717) is 30.6 Å². The minimum Gasteiger partial charge on any atom is -0.481 e. The predicted octanol–water partition coefficient (Wildman–Crippen LogP) is 3.59. The lowest BCUT2D eigenvalue weighted by Crippen LogP contribution is -2.53. The van der Waals surface area contributed by atoms with E-state index >= 15 is 0 Å². The molecule has 41 heavy (non-hydrogen) atoms. The van der Waals surface area contributed by atoms with E-state index in [1.165, 1.54) is 12.7 Å². The van der Waals surface area contributed by atoms with Crippen LogP contribution in [-0.2, 0) is 26.9 Å². The molecule has 0 unspecified atom stereocenters. The first-order valence-electron chi connectivity index (χ1n) is 14.5. The number of thiophene rings is 1. The molecule has 0 spiro atoms. The molecular formula is C29H40N6O4S2. The topological polar surface area (TPSA) is 101 Å². The van der Waals surface area contributed by atoms with Crippen molar-refractivity contribution in [1.29, 1.82) is 0 Å². The Hall–Kier alpha value is -2.38. The number of anilines is 1. The average molecular weight is 601 g/mol. The van der Waals surface area contributed by atoms with E-state index in [1.54, 1.807) is 17.5 Å². The number of morpholine rings is 1. The van der Waals surface area contributed by atoms with Gasteiger partial charge in [-0.25, -0.2) is 23.4 Å². The van der Waals surface area contributed by atoms with E-state index < -0.39 is 9.84 Å². The second kappa shape index (κ2) is 11.4. The minimum atomic E-state index is -3.25. The molecule has 0 aromatic carbocycles. The van der Waals surface area contributed by atoms with Crippen LogP contribution in [0.3, 0.4) is 0 Å². The Kier molecular flexibility index (Phi) is 7.96. The van der Waals surface area contributed by atoms with Crippen LogP contribution in [0, 0.1) is 0 Å². The third-order valence-electron chi connectivity index (χ3n) is 8.27. The second-order valence-electron chi connectivity index (χ2n) is 12.2. The van der Waals surface area contributed by atoms with Crippen LogP contribution in [0.2, 0.25) is 0 Å². The number of aromatic nitrogens is 3. The van der Waals surface area contributed by atoms with Crippen molar-refractivity contribution in [2.24, 2.45) is 0 Å². The van der Waals surface area contributed by atoms with Gasteiger partial charge < -0.3 is 14.4 Å². The SMILES string of the molecule is COc1ncc(-c2nc(N3CCOCC3)nc3c(CN4CCN(C(C)(C)C)CC4)csc23)cc1CS(=O)(=O)C1CC1. The maximum atomic E-state index is 12.9. The number of piperazine rings is 1. The van der Waals surface area contributed by atoms with Crippen molar-refractivity contribution in [3.05, 3.63) is 28.8 Å². The van der Waals surface area contributed by atoms with Crippen LogP contribution in [0.1, 0.15) is 44.7 Å². The molecule has 0 amide bonds. The van der Waals surface area contributed by atoms with Crippen molar-refractivity contribution in [3.63, 3.8) is 0 Å². The summed E-state index contributed by atoms with van der Waals surface area (Å²) in [5, 5.41) is 1.96. The Labute approximate surface area is 246 Å². The third-order valence-corrected chi connectivity index (χ3v) is 11.5. The summed E-state index contributed by atoms with van der Waals surface area (Å²) >= 11 is 1.65. The van der Waals surface area contributed by atoms with Gasteiger partial charge in [0.1, 0.15) is 0 Å². The average Bonchev–Trinajstić information content (AvgIpc) is 3.76. The lowest BCUT2D eigenvalue weighted by Gasteiger charge is -2.42. The molecule has 3 aliphatic rings. The van der Waals surface area contributed by atoms with E-state index in [9.17, 15) is 8.42 Å². The number of hydrogen-bond donors (Lipinski definition) is 0. The fourth-order valence-corrected chi connectivity index (χ4v) is 8.40. The molecule has 6 rings (SSSR count). The number of pyridine rings is 1. The lowest BCUT2D eigenvalue weighted by atomic mass is 10.0. The molecule has 1 saturated carbocycles. The molecule has 12 heteroatoms. The van der Waals surface area contributed by atoms with Gasteiger partial charge in [-0.2, -0.15) is 0 Å². The largest absolute Gasteiger partial charge is 0.481 e. The number of methoxy groups -OCH3 is 1. The van der Waals surface area contributed by atoms with Crippen molar-refractivity contribution in [3.8, 4) is 17.1 Å². The maximum absolute atomic E-state index is 12.9. The number of nitrogens with zero attached hydrogens (tertiary/aromatic N) is 6. The van der Waals surface area contributed by atoms with Gasteiger partial charge in [0.2, 0.25) is 11.8 Å². The van der Waals surface area contributed by atoms with Gasteiger partial charge in [0.15, 0.2) is 9.84 Å². The van der Waals surface area contributed by atoms with Gasteiger partial charge in [0, 0.05) is 74.2 Å². The molecule has 0 atom stereocenters. The second-order valence-corrected chi connectivity index (χ2v) is 15.4. The standard InChI is InChI=1S/C29H40N6O4S2/c1-29(2,3)35-9-7-33(8-10-35)17-22-18-40-26-24(31-28(32-25(22)26)34-11-13-39-14-12-34)20-15-21(27(38-4)30-16-20)19-41(36,37)23-5-6-23/h15-16,18,23H,5-14,17,19H2,1-4H3. The quantitative estimate of drug-likeness (QED) is 0.381. The lowest BCUT2D eigenvalue weighted by molar-refractivity contribution is 0.0593. The van der Waals surface area contributed by atoms with Crippen LogP contribution < -0.4 is 9.64 Å². The third kappa shape index (κ3) is 6.22. The minimum absolute atomic E-state index is 0.0809. The Bertz CT molecular complexity index is 1500. The predicted molar refractivity (Wildman–Crippen MR) is 162 cm³/mol. The monoisotopic (exact) mass is 600 g/mol. The first kappa shape index (κ1) is 28.7. The van der Waals surface area contributed by atoms with E-state index in [0.717, 1.165) is 80.1 Å². The zero-order valence-corrected chi connectivity index (χ0v) is 26.1. The molecular weight excluding hydrogens is 560 g/mol. The highest BCUT2D eigenvalue weighted by molar-refractivity contribution is 7.91. The summed E-state index contributed by atoms with van der Waals surface area (Å²) in [7, 11) is -1.72. The zero-order chi connectivity index (χ0) is 28.8.